The van der Waals surface area contributed by atoms with Gasteiger partial charge in [-0.05, 0) is 157 Å². The first-order chi connectivity index (χ1) is 33.8. The lowest BCUT2D eigenvalue weighted by atomic mass is 9.78. The highest BCUT2D eigenvalue weighted by Gasteiger charge is 2.46. The molecule has 4 N–H and O–H groups in total. The first-order valence-electron chi connectivity index (χ1n) is 24.1. The molecular weight excluding hydrogens is 977 g/mol. The van der Waals surface area contributed by atoms with Crippen molar-refractivity contribution in [2.75, 3.05) is 18.0 Å². The maximum Gasteiger partial charge on any atom is 0.303 e. The zero-order chi connectivity index (χ0) is 52.1. The minimum Gasteiger partial charge on any atom is -0.481 e. The van der Waals surface area contributed by atoms with E-state index < -0.39 is 52.4 Å². The topological polar surface area (TPSA) is 216 Å². The van der Waals surface area contributed by atoms with Crippen molar-refractivity contribution in [3.63, 3.8) is 0 Å². The summed E-state index contributed by atoms with van der Waals surface area (Å²) < 4.78 is 112. The van der Waals surface area contributed by atoms with Crippen LogP contribution in [0.25, 0.3) is 21.5 Å². The Morgan fingerprint density at radius 2 is 1.40 bits per heavy atom. The lowest BCUT2D eigenvalue weighted by molar-refractivity contribution is -0.438. The van der Waals surface area contributed by atoms with Crippen LogP contribution in [0.5, 0.6) is 5.75 Å². The highest BCUT2D eigenvalue weighted by atomic mass is 32.2. The average Bonchev–Trinajstić information content (AvgIpc) is 3.67. The molecule has 3 aliphatic rings. The van der Waals surface area contributed by atoms with Crippen molar-refractivity contribution in [3.8, 4) is 5.75 Å². The number of aryl methyl sites for hydroxylation is 1. The van der Waals surface area contributed by atoms with E-state index in [2.05, 4.69) is 37.5 Å². The third kappa shape index (κ3) is 10.5. The Hall–Kier alpha value is -5.95. The van der Waals surface area contributed by atoms with E-state index in [1.165, 1.54) is 31.2 Å². The summed E-state index contributed by atoms with van der Waals surface area (Å²) in [5, 5.41) is 11.2. The normalized spacial score (nSPS) is 18.5. The Morgan fingerprint density at radius 1 is 0.778 bits per heavy atom. The molecule has 72 heavy (non-hydrogen) atoms. The van der Waals surface area contributed by atoms with Gasteiger partial charge in [0.25, 0.3) is 30.4 Å². The molecule has 5 aromatic rings. The number of carbonyl (C=O) groups is 1. The van der Waals surface area contributed by atoms with Gasteiger partial charge in [0.1, 0.15) is 18.1 Å². The van der Waals surface area contributed by atoms with Gasteiger partial charge in [-0.2, -0.15) is 29.8 Å². The molecule has 0 saturated carbocycles. The van der Waals surface area contributed by atoms with Crippen molar-refractivity contribution in [2.24, 2.45) is 0 Å². The highest BCUT2D eigenvalue weighted by molar-refractivity contribution is 7.86. The molecule has 380 valence electrons. The number of unbranched alkanes of at least 4 members (excludes halogenated alkanes) is 1. The molecule has 0 spiro atoms. The fourth-order valence-corrected chi connectivity index (χ4v) is 12.0. The van der Waals surface area contributed by atoms with E-state index in [4.69, 9.17) is 4.74 Å². The Balaban J connectivity index is 1.26. The third-order valence-corrected chi connectivity index (χ3v) is 17.3. The van der Waals surface area contributed by atoms with Crippen LogP contribution >= 0.6 is 0 Å². The number of carboxylic acids is 1. The summed E-state index contributed by atoms with van der Waals surface area (Å²) in [6, 6.07) is 24.1. The van der Waals surface area contributed by atoms with Gasteiger partial charge >= 0.3 is 5.97 Å². The summed E-state index contributed by atoms with van der Waals surface area (Å²) in [5.41, 5.74) is 7.03. The van der Waals surface area contributed by atoms with Gasteiger partial charge in [0, 0.05) is 53.9 Å². The highest BCUT2D eigenvalue weighted by Crippen LogP contribution is 2.52. The molecule has 2 aliphatic heterocycles. The summed E-state index contributed by atoms with van der Waals surface area (Å²) in [7, 11) is -13.2. The minimum absolute atomic E-state index is 0.00899. The summed E-state index contributed by atoms with van der Waals surface area (Å²) in [6.45, 7) is 13.0. The van der Waals surface area contributed by atoms with Gasteiger partial charge in [-0.3, -0.25) is 18.5 Å². The number of fused-ring (bicyclic) bond motifs is 6. The maximum atomic E-state index is 12.3. The molecule has 2 heterocycles. The first-order valence-corrected chi connectivity index (χ1v) is 28.5. The van der Waals surface area contributed by atoms with Gasteiger partial charge in [-0.15, -0.1) is 0 Å². The number of carboxylic acid groups (broad SMARTS) is 1. The van der Waals surface area contributed by atoms with Crippen molar-refractivity contribution in [1.82, 2.24) is 0 Å². The number of benzene rings is 5. The Bertz CT molecular complexity index is 3530. The molecule has 0 saturated heterocycles. The molecule has 1 aliphatic carbocycles. The van der Waals surface area contributed by atoms with E-state index >= 15 is 0 Å². The summed E-state index contributed by atoms with van der Waals surface area (Å²) >= 11 is 0. The van der Waals surface area contributed by atoms with Crippen molar-refractivity contribution in [1.29, 1.82) is 0 Å². The lowest BCUT2D eigenvalue weighted by Gasteiger charge is -2.28. The predicted molar refractivity (Wildman–Crippen MR) is 280 cm³/mol. The molecule has 14 nitrogen and oxygen atoms in total. The van der Waals surface area contributed by atoms with Gasteiger partial charge in [-0.25, -0.2) is 0 Å². The fourth-order valence-electron chi connectivity index (χ4n) is 10.5. The van der Waals surface area contributed by atoms with Crippen LogP contribution in [0.3, 0.4) is 0 Å². The smallest absolute Gasteiger partial charge is 0.303 e. The zero-order valence-corrected chi connectivity index (χ0v) is 43.7. The van der Waals surface area contributed by atoms with Gasteiger partial charge < -0.3 is 14.7 Å². The molecule has 0 amide bonds. The van der Waals surface area contributed by atoms with E-state index in [-0.39, 0.29) is 29.2 Å². The van der Waals surface area contributed by atoms with Crippen LogP contribution in [0.1, 0.15) is 103 Å². The third-order valence-electron chi connectivity index (χ3n) is 14.4. The second-order valence-corrected chi connectivity index (χ2v) is 24.6. The Labute approximate surface area is 422 Å². The van der Waals surface area contributed by atoms with E-state index in [0.29, 0.717) is 41.5 Å². The summed E-state index contributed by atoms with van der Waals surface area (Å²) in [6.07, 6.45) is 12.8. The van der Waals surface area contributed by atoms with Crippen LogP contribution in [-0.2, 0) is 52.4 Å². The quantitative estimate of drug-likeness (QED) is 0.0504. The number of hydrogen-bond donors (Lipinski definition) is 4. The molecule has 0 aromatic heterocycles. The van der Waals surface area contributed by atoms with Crippen molar-refractivity contribution >= 4 is 75.0 Å². The number of anilines is 1. The number of rotatable bonds is 17. The summed E-state index contributed by atoms with van der Waals surface area (Å²) in [5.74, 6) is 0.316. The number of aliphatic carboxylic acids is 1. The standard InChI is InChI=1S/C55H60N2O12S3/c1-7-8-31-56-46-25-15-39-33-42(71(63,64)65)21-23-44(39)51(46)54(3,4)48(56)27-17-37-10-9-11-38(53(37)69-41-19-12-36(13-20-41)14-29-50(58)59)18-28-49-55(5,6)52-45-24-22-43(72(66,67)68)34-40(45)16-26-47(52)57(49)32-30-35(2)70(60,61)62/h12-13,15-28,33-35H,7-11,14,29-32H2,1-6H3,(H3-,58,59,60,61,62,63,64,65,66,67,68)/p+1. The first kappa shape index (κ1) is 52.4. The van der Waals surface area contributed by atoms with E-state index in [9.17, 15) is 48.8 Å². The Kier molecular flexibility index (Phi) is 14.4. The van der Waals surface area contributed by atoms with Gasteiger partial charge in [0.15, 0.2) is 5.71 Å². The van der Waals surface area contributed by atoms with E-state index in [1.807, 2.05) is 73.4 Å². The fraction of sp³-hybridized carbons (Fsp3) is 0.345. The molecule has 1 atom stereocenters. The van der Waals surface area contributed by atoms with Gasteiger partial charge in [0.05, 0.1) is 20.5 Å². The molecular formula is C55H61N2O12S3+. The Morgan fingerprint density at radius 3 is 2.00 bits per heavy atom. The van der Waals surface area contributed by atoms with Crippen LogP contribution in [0, 0.1) is 0 Å². The number of ether oxygens (including phenoxy) is 1. The molecule has 17 heteroatoms. The number of allylic oxidation sites excluding steroid dienone is 7. The molecule has 5 aromatic carbocycles. The second-order valence-electron chi connectivity index (χ2n) is 20.0. The average molecular weight is 1040 g/mol. The molecule has 8 rings (SSSR count). The largest absolute Gasteiger partial charge is 0.481 e. The maximum absolute atomic E-state index is 12.3. The molecule has 0 radical (unpaired) electrons. The SMILES string of the molecule is CCCC[N+]1=C(/C=C/C2=C(Oc3ccc(CCC(=O)O)cc3)C(=C/C=C3/N(CCC(C)S(=O)(=O)O)c4ccc5cc(S(=O)(=O)O)ccc5c4C3(C)C)/CCC2)C(C)(C)c2c1ccc1cc(S(=O)(=O)O)ccc21. The molecule has 0 bridgehead atoms. The van der Waals surface area contributed by atoms with E-state index in [1.54, 1.807) is 18.2 Å². The second kappa shape index (κ2) is 19.8. The van der Waals surface area contributed by atoms with Gasteiger partial charge in [0.2, 0.25) is 5.69 Å². The van der Waals surface area contributed by atoms with Gasteiger partial charge in [-0.1, -0.05) is 63.6 Å². The predicted octanol–water partition coefficient (Wildman–Crippen LogP) is 11.0. The van der Waals surface area contributed by atoms with Crippen LogP contribution in [0.2, 0.25) is 0 Å². The van der Waals surface area contributed by atoms with Crippen LogP contribution < -0.4 is 9.64 Å². The zero-order valence-electron chi connectivity index (χ0n) is 41.2. The van der Waals surface area contributed by atoms with Crippen LogP contribution in [-0.4, -0.2) is 78.6 Å². The number of hydrogen-bond acceptors (Lipinski definition) is 9. The van der Waals surface area contributed by atoms with Crippen LogP contribution in [0.15, 0.2) is 142 Å². The van der Waals surface area contributed by atoms with Crippen molar-refractivity contribution < 1.29 is 58.1 Å². The number of nitrogens with zero attached hydrogens (tertiary/aromatic N) is 2. The molecule has 1 unspecified atom stereocenters. The summed E-state index contributed by atoms with van der Waals surface area (Å²) in [4.78, 5) is 13.0. The van der Waals surface area contributed by atoms with Crippen molar-refractivity contribution in [3.05, 3.63) is 149 Å². The molecule has 0 fully saturated rings. The van der Waals surface area contributed by atoms with Crippen LogP contribution in [0.4, 0.5) is 11.4 Å². The van der Waals surface area contributed by atoms with E-state index in [0.717, 1.165) is 87.2 Å². The lowest BCUT2D eigenvalue weighted by Crippen LogP contribution is -2.30. The van der Waals surface area contributed by atoms with Crippen molar-refractivity contribution in [2.45, 2.75) is 119 Å². The monoisotopic (exact) mass is 1040 g/mol. The minimum atomic E-state index is -4.48.